The second kappa shape index (κ2) is 5.11. The molecule has 0 saturated carbocycles. The van der Waals surface area contributed by atoms with Gasteiger partial charge in [0.05, 0.1) is 5.69 Å². The van der Waals surface area contributed by atoms with Crippen LogP contribution in [0.15, 0.2) is 65.7 Å². The molecule has 0 unspecified atom stereocenters. The maximum atomic E-state index is 4.38. The third-order valence-corrected chi connectivity index (χ3v) is 2.17. The van der Waals surface area contributed by atoms with Crippen LogP contribution in [0.4, 0.5) is 5.69 Å². The third kappa shape index (κ3) is 3.06. The van der Waals surface area contributed by atoms with Crippen molar-refractivity contribution in [2.75, 3.05) is 0 Å². The van der Waals surface area contributed by atoms with E-state index in [2.05, 4.69) is 17.1 Å². The molecule has 74 valence electrons. The molecule has 2 aromatic carbocycles. The lowest BCUT2D eigenvalue weighted by molar-refractivity contribution is 1.34. The summed E-state index contributed by atoms with van der Waals surface area (Å²) in [7, 11) is 0. The van der Waals surface area contributed by atoms with Gasteiger partial charge in [-0.05, 0) is 17.7 Å². The summed E-state index contributed by atoms with van der Waals surface area (Å²) < 4.78 is 0. The molecule has 0 heterocycles. The number of para-hydroxylation sites is 1. The van der Waals surface area contributed by atoms with Gasteiger partial charge in [0.2, 0.25) is 0 Å². The van der Waals surface area contributed by atoms with E-state index in [1.54, 1.807) is 0 Å². The predicted molar refractivity (Wildman–Crippen MR) is 64.7 cm³/mol. The summed E-state index contributed by atoms with van der Waals surface area (Å²) in [6, 6.07) is 20.3. The molecular weight excluding hydrogens is 182 g/mol. The average Bonchev–Trinajstić information content (AvgIpc) is 2.32. The fourth-order valence-corrected chi connectivity index (χ4v) is 1.38. The predicted octanol–water partition coefficient (Wildman–Crippen LogP) is 3.63. The highest BCUT2D eigenvalue weighted by Gasteiger charge is 1.87. The van der Waals surface area contributed by atoms with Gasteiger partial charge in [0, 0.05) is 12.6 Å². The first-order valence-corrected chi connectivity index (χ1v) is 5.06. The fourth-order valence-electron chi connectivity index (χ4n) is 1.38. The molecule has 0 spiro atoms. The van der Waals surface area contributed by atoms with E-state index in [0.717, 1.165) is 12.1 Å². The lowest BCUT2D eigenvalue weighted by atomic mass is 10.2. The molecule has 2 rings (SSSR count). The Labute approximate surface area is 90.1 Å². The second-order valence-corrected chi connectivity index (χ2v) is 3.34. The van der Waals surface area contributed by atoms with Crippen LogP contribution in [0.3, 0.4) is 0 Å². The van der Waals surface area contributed by atoms with E-state index >= 15 is 0 Å². The van der Waals surface area contributed by atoms with E-state index in [0.29, 0.717) is 0 Å². The topological polar surface area (TPSA) is 12.4 Å². The maximum absolute atomic E-state index is 4.38. The van der Waals surface area contributed by atoms with Crippen molar-refractivity contribution < 1.29 is 0 Å². The van der Waals surface area contributed by atoms with E-state index in [4.69, 9.17) is 0 Å². The zero-order valence-corrected chi connectivity index (χ0v) is 8.51. The largest absolute Gasteiger partial charge is 0.261 e. The van der Waals surface area contributed by atoms with Crippen molar-refractivity contribution in [3.8, 4) is 0 Å². The quantitative estimate of drug-likeness (QED) is 0.663. The number of aliphatic imine (C=N–C) groups is 1. The Morgan fingerprint density at radius 3 is 2.07 bits per heavy atom. The van der Waals surface area contributed by atoms with Crippen molar-refractivity contribution >= 4 is 11.9 Å². The molecule has 0 fully saturated rings. The van der Waals surface area contributed by atoms with Gasteiger partial charge in [-0.2, -0.15) is 0 Å². The van der Waals surface area contributed by atoms with Crippen LogP contribution in [0.1, 0.15) is 5.56 Å². The molecule has 15 heavy (non-hydrogen) atoms. The second-order valence-electron chi connectivity index (χ2n) is 3.34. The standard InChI is InChI=1S/C14H13N/c1-3-7-13(8-4-1)11-12-15-14-9-5-2-6-10-14/h1-10,12H,11H2. The number of nitrogens with zero attached hydrogens (tertiary/aromatic N) is 1. The minimum Gasteiger partial charge on any atom is -0.261 e. The first kappa shape index (κ1) is 9.66. The van der Waals surface area contributed by atoms with Crippen molar-refractivity contribution in [1.29, 1.82) is 0 Å². The van der Waals surface area contributed by atoms with Gasteiger partial charge in [-0.25, -0.2) is 0 Å². The van der Waals surface area contributed by atoms with E-state index in [9.17, 15) is 0 Å². The summed E-state index contributed by atoms with van der Waals surface area (Å²) in [5, 5.41) is 0. The third-order valence-electron chi connectivity index (χ3n) is 2.17. The Hall–Kier alpha value is -1.89. The molecule has 0 N–H and O–H groups in total. The number of rotatable bonds is 3. The molecule has 0 aliphatic rings. The van der Waals surface area contributed by atoms with Crippen LogP contribution in [-0.2, 0) is 6.42 Å². The van der Waals surface area contributed by atoms with Crippen molar-refractivity contribution in [3.05, 3.63) is 66.2 Å². The smallest absolute Gasteiger partial charge is 0.0625 e. The van der Waals surface area contributed by atoms with Gasteiger partial charge in [-0.3, -0.25) is 4.99 Å². The van der Waals surface area contributed by atoms with Crippen molar-refractivity contribution in [2.45, 2.75) is 6.42 Å². The van der Waals surface area contributed by atoms with Gasteiger partial charge in [-0.1, -0.05) is 48.5 Å². The Morgan fingerprint density at radius 2 is 1.40 bits per heavy atom. The van der Waals surface area contributed by atoms with Crippen molar-refractivity contribution in [2.24, 2.45) is 4.99 Å². The summed E-state index contributed by atoms with van der Waals surface area (Å²) in [5.74, 6) is 0. The molecule has 0 atom stereocenters. The average molecular weight is 195 g/mol. The zero-order valence-electron chi connectivity index (χ0n) is 8.51. The molecule has 0 bridgehead atoms. The Morgan fingerprint density at radius 1 is 0.800 bits per heavy atom. The molecular formula is C14H13N. The van der Waals surface area contributed by atoms with Gasteiger partial charge in [0.1, 0.15) is 0 Å². The van der Waals surface area contributed by atoms with Crippen LogP contribution in [0.2, 0.25) is 0 Å². The molecule has 0 radical (unpaired) electrons. The monoisotopic (exact) mass is 195 g/mol. The highest BCUT2D eigenvalue weighted by molar-refractivity contribution is 5.65. The minimum atomic E-state index is 0.885. The first-order chi connectivity index (χ1) is 7.45. The summed E-state index contributed by atoms with van der Waals surface area (Å²) >= 11 is 0. The number of hydrogen-bond acceptors (Lipinski definition) is 1. The first-order valence-electron chi connectivity index (χ1n) is 5.06. The van der Waals surface area contributed by atoms with E-state index in [-0.39, 0.29) is 0 Å². The van der Waals surface area contributed by atoms with Crippen LogP contribution >= 0.6 is 0 Å². The molecule has 0 aromatic heterocycles. The summed E-state index contributed by atoms with van der Waals surface area (Å²) in [4.78, 5) is 4.38. The van der Waals surface area contributed by atoms with Gasteiger partial charge in [0.15, 0.2) is 0 Å². The fraction of sp³-hybridized carbons (Fsp3) is 0.0714. The van der Waals surface area contributed by atoms with Crippen LogP contribution in [0.25, 0.3) is 0 Å². The molecule has 1 nitrogen and oxygen atoms in total. The van der Waals surface area contributed by atoms with Gasteiger partial charge in [-0.15, -0.1) is 0 Å². The van der Waals surface area contributed by atoms with Gasteiger partial charge in [0.25, 0.3) is 0 Å². The highest BCUT2D eigenvalue weighted by atomic mass is 14.7. The van der Waals surface area contributed by atoms with Crippen LogP contribution in [0, 0.1) is 0 Å². The Kier molecular flexibility index (Phi) is 3.29. The van der Waals surface area contributed by atoms with E-state index in [1.807, 2.05) is 54.7 Å². The summed E-state index contributed by atoms with van der Waals surface area (Å²) in [6.45, 7) is 0. The van der Waals surface area contributed by atoms with E-state index in [1.165, 1.54) is 5.56 Å². The van der Waals surface area contributed by atoms with Crippen LogP contribution in [0.5, 0.6) is 0 Å². The minimum absolute atomic E-state index is 0.885. The molecule has 2 aromatic rings. The SMILES string of the molecule is C(Cc1ccccc1)=Nc1ccccc1. The lowest BCUT2D eigenvalue weighted by Gasteiger charge is -1.94. The van der Waals surface area contributed by atoms with Gasteiger partial charge < -0.3 is 0 Å². The summed E-state index contributed by atoms with van der Waals surface area (Å²) in [6.07, 6.45) is 2.83. The van der Waals surface area contributed by atoms with Gasteiger partial charge >= 0.3 is 0 Å². The highest BCUT2D eigenvalue weighted by Crippen LogP contribution is 2.09. The normalized spacial score (nSPS) is 10.7. The molecule has 0 saturated heterocycles. The molecule has 1 heteroatoms. The zero-order chi connectivity index (χ0) is 10.3. The number of benzene rings is 2. The maximum Gasteiger partial charge on any atom is 0.0625 e. The van der Waals surface area contributed by atoms with Crippen LogP contribution < -0.4 is 0 Å². The molecule has 0 aliphatic heterocycles. The molecule has 0 aliphatic carbocycles. The van der Waals surface area contributed by atoms with E-state index < -0.39 is 0 Å². The summed E-state index contributed by atoms with van der Waals surface area (Å²) in [5.41, 5.74) is 2.30. The van der Waals surface area contributed by atoms with Crippen LogP contribution in [-0.4, -0.2) is 6.21 Å². The van der Waals surface area contributed by atoms with Crippen molar-refractivity contribution in [3.63, 3.8) is 0 Å². The Balaban J connectivity index is 1.97. The van der Waals surface area contributed by atoms with Crippen molar-refractivity contribution in [1.82, 2.24) is 0 Å². The number of hydrogen-bond donors (Lipinski definition) is 0. The Bertz CT molecular complexity index is 418. The molecule has 0 amide bonds. The lowest BCUT2D eigenvalue weighted by Crippen LogP contribution is -1.83.